The third kappa shape index (κ3) is 7.84. The number of benzene rings is 3. The number of carbonyl (C=O) groups is 2. The molecule has 0 saturated heterocycles. The van der Waals surface area contributed by atoms with E-state index in [1.165, 1.54) is 17.8 Å². The van der Waals surface area contributed by atoms with Gasteiger partial charge in [-0.15, -0.1) is 11.8 Å². The minimum absolute atomic E-state index is 0.129. The molecule has 1 aliphatic rings. The van der Waals surface area contributed by atoms with E-state index in [1.807, 2.05) is 54.6 Å². The molecule has 0 aromatic heterocycles. The average molecular weight is 535 g/mol. The summed E-state index contributed by atoms with van der Waals surface area (Å²) in [6.07, 6.45) is 4.55. The molecule has 0 spiro atoms. The van der Waals surface area contributed by atoms with Crippen LogP contribution in [0.1, 0.15) is 42.4 Å². The van der Waals surface area contributed by atoms with Crippen molar-refractivity contribution >= 4 is 23.6 Å². The standard InChI is InChI=1S/C31H35FN2O3S/c1-37-27-16-9-12-24(18-27)20-34(30(35)22-38-21-25-13-5-8-17-28(25)32)29(19-23-10-3-2-4-11-23)31(36)33-26-14-6-7-15-26/h2-5,8-13,16-18,26,29H,6-7,14-15,19-22H2,1H3,(H,33,36)/t29-/m1/s1. The highest BCUT2D eigenvalue weighted by Gasteiger charge is 2.32. The lowest BCUT2D eigenvalue weighted by atomic mass is 10.0. The second-order valence-corrected chi connectivity index (χ2v) is 10.6. The summed E-state index contributed by atoms with van der Waals surface area (Å²) in [6.45, 7) is 0.270. The summed E-state index contributed by atoms with van der Waals surface area (Å²) in [5.74, 6) is 0.647. The predicted molar refractivity (Wildman–Crippen MR) is 150 cm³/mol. The molecule has 2 amide bonds. The summed E-state index contributed by atoms with van der Waals surface area (Å²) >= 11 is 1.36. The van der Waals surface area contributed by atoms with Crippen molar-refractivity contribution in [1.29, 1.82) is 0 Å². The van der Waals surface area contributed by atoms with E-state index in [0.29, 0.717) is 23.5 Å². The van der Waals surface area contributed by atoms with Gasteiger partial charge in [-0.05, 0) is 47.7 Å². The molecule has 3 aromatic rings. The van der Waals surface area contributed by atoms with Gasteiger partial charge in [-0.25, -0.2) is 4.39 Å². The normalized spacial score (nSPS) is 14.2. The SMILES string of the molecule is COc1cccc(CN(C(=O)CSCc2ccccc2F)[C@H](Cc2ccccc2)C(=O)NC2CCCC2)c1. The second kappa shape index (κ2) is 14.0. The number of rotatable bonds is 12. The van der Waals surface area contributed by atoms with Gasteiger partial charge >= 0.3 is 0 Å². The van der Waals surface area contributed by atoms with Gasteiger partial charge in [-0.2, -0.15) is 0 Å². The number of nitrogens with zero attached hydrogens (tertiary/aromatic N) is 1. The Bertz CT molecular complexity index is 1200. The molecule has 1 N–H and O–H groups in total. The summed E-state index contributed by atoms with van der Waals surface area (Å²) in [5, 5.41) is 3.22. The van der Waals surface area contributed by atoms with Crippen LogP contribution < -0.4 is 10.1 Å². The van der Waals surface area contributed by atoms with Crippen LogP contribution >= 0.6 is 11.8 Å². The van der Waals surface area contributed by atoms with Gasteiger partial charge in [0.2, 0.25) is 11.8 Å². The van der Waals surface area contributed by atoms with Gasteiger partial charge in [0.05, 0.1) is 12.9 Å². The van der Waals surface area contributed by atoms with Crippen molar-refractivity contribution in [3.05, 3.63) is 101 Å². The van der Waals surface area contributed by atoms with Crippen molar-refractivity contribution in [3.63, 3.8) is 0 Å². The van der Waals surface area contributed by atoms with Gasteiger partial charge in [-0.1, -0.05) is 73.5 Å². The number of halogens is 1. The van der Waals surface area contributed by atoms with Crippen LogP contribution in [0, 0.1) is 5.82 Å². The summed E-state index contributed by atoms with van der Waals surface area (Å²) in [4.78, 5) is 29.1. The zero-order chi connectivity index (χ0) is 26.7. The van der Waals surface area contributed by atoms with Crippen LogP contribution in [-0.4, -0.2) is 41.7 Å². The number of methoxy groups -OCH3 is 1. The summed E-state index contributed by atoms with van der Waals surface area (Å²) in [7, 11) is 1.61. The maximum Gasteiger partial charge on any atom is 0.243 e. The van der Waals surface area contributed by atoms with Crippen molar-refractivity contribution < 1.29 is 18.7 Å². The second-order valence-electron chi connectivity index (χ2n) is 9.65. The Labute approximate surface area is 228 Å². The highest BCUT2D eigenvalue weighted by atomic mass is 32.2. The first-order valence-electron chi connectivity index (χ1n) is 13.1. The molecule has 0 aliphatic heterocycles. The van der Waals surface area contributed by atoms with E-state index in [-0.39, 0.29) is 36.0 Å². The maximum absolute atomic E-state index is 14.1. The van der Waals surface area contributed by atoms with Gasteiger partial charge in [0.15, 0.2) is 0 Å². The lowest BCUT2D eigenvalue weighted by molar-refractivity contribution is -0.139. The van der Waals surface area contributed by atoms with Gasteiger partial charge in [-0.3, -0.25) is 9.59 Å². The van der Waals surface area contributed by atoms with E-state index in [2.05, 4.69) is 5.32 Å². The van der Waals surface area contributed by atoms with E-state index >= 15 is 0 Å². The molecule has 1 fully saturated rings. The zero-order valence-corrected chi connectivity index (χ0v) is 22.6. The summed E-state index contributed by atoms with van der Waals surface area (Å²) in [6, 6.07) is 23.4. The molecule has 5 nitrogen and oxygen atoms in total. The molecule has 0 bridgehead atoms. The number of hydrogen-bond acceptors (Lipinski definition) is 4. The molecule has 38 heavy (non-hydrogen) atoms. The van der Waals surface area contributed by atoms with E-state index in [0.717, 1.165) is 36.8 Å². The fourth-order valence-electron chi connectivity index (χ4n) is 4.84. The van der Waals surface area contributed by atoms with Crippen LogP contribution in [0.3, 0.4) is 0 Å². The molecule has 4 rings (SSSR count). The first-order chi connectivity index (χ1) is 18.5. The van der Waals surface area contributed by atoms with Gasteiger partial charge in [0.25, 0.3) is 0 Å². The molecule has 1 saturated carbocycles. The number of hydrogen-bond donors (Lipinski definition) is 1. The number of amides is 2. The van der Waals surface area contributed by atoms with E-state index in [1.54, 1.807) is 30.2 Å². The Kier molecular flexibility index (Phi) is 10.2. The average Bonchev–Trinajstić information content (AvgIpc) is 3.45. The van der Waals surface area contributed by atoms with E-state index in [4.69, 9.17) is 4.74 Å². The molecule has 200 valence electrons. The zero-order valence-electron chi connectivity index (χ0n) is 21.8. The highest BCUT2D eigenvalue weighted by molar-refractivity contribution is 7.99. The van der Waals surface area contributed by atoms with Crippen molar-refractivity contribution in [2.45, 2.75) is 56.5 Å². The Balaban J connectivity index is 1.58. The molecule has 3 aromatic carbocycles. The number of nitrogens with one attached hydrogen (secondary N) is 1. The van der Waals surface area contributed by atoms with Gasteiger partial charge in [0.1, 0.15) is 17.6 Å². The van der Waals surface area contributed by atoms with Crippen LogP contribution in [0.5, 0.6) is 5.75 Å². The fourth-order valence-corrected chi connectivity index (χ4v) is 5.73. The van der Waals surface area contributed by atoms with Crippen LogP contribution in [0.25, 0.3) is 0 Å². The van der Waals surface area contributed by atoms with Crippen LogP contribution in [-0.2, 0) is 28.3 Å². The van der Waals surface area contributed by atoms with Crippen molar-refractivity contribution in [1.82, 2.24) is 10.2 Å². The Hall–Kier alpha value is -3.32. The number of thioether (sulfide) groups is 1. The quantitative estimate of drug-likeness (QED) is 0.321. The van der Waals surface area contributed by atoms with Gasteiger partial charge < -0.3 is 15.0 Å². The summed E-state index contributed by atoms with van der Waals surface area (Å²) < 4.78 is 19.5. The van der Waals surface area contributed by atoms with Crippen molar-refractivity contribution in [3.8, 4) is 5.75 Å². The number of carbonyl (C=O) groups excluding carboxylic acids is 2. The van der Waals surface area contributed by atoms with E-state index < -0.39 is 6.04 Å². The molecule has 0 heterocycles. The lowest BCUT2D eigenvalue weighted by Gasteiger charge is -2.32. The molecular formula is C31H35FN2O3S. The van der Waals surface area contributed by atoms with Gasteiger partial charge in [0, 0.05) is 24.8 Å². The highest BCUT2D eigenvalue weighted by Crippen LogP contribution is 2.23. The topological polar surface area (TPSA) is 58.6 Å². The Morgan fingerprint density at radius 1 is 1.00 bits per heavy atom. The monoisotopic (exact) mass is 534 g/mol. The third-order valence-corrected chi connectivity index (χ3v) is 7.87. The van der Waals surface area contributed by atoms with Crippen LogP contribution in [0.4, 0.5) is 4.39 Å². The smallest absolute Gasteiger partial charge is 0.243 e. The molecule has 1 aliphatic carbocycles. The van der Waals surface area contributed by atoms with Crippen molar-refractivity contribution in [2.75, 3.05) is 12.9 Å². The molecule has 1 atom stereocenters. The van der Waals surface area contributed by atoms with E-state index in [9.17, 15) is 14.0 Å². The van der Waals surface area contributed by atoms with Crippen molar-refractivity contribution in [2.24, 2.45) is 0 Å². The first kappa shape index (κ1) is 27.7. The largest absolute Gasteiger partial charge is 0.497 e. The Morgan fingerprint density at radius 2 is 1.71 bits per heavy atom. The molecular weight excluding hydrogens is 499 g/mol. The Morgan fingerprint density at radius 3 is 2.45 bits per heavy atom. The molecule has 7 heteroatoms. The third-order valence-electron chi connectivity index (χ3n) is 6.90. The summed E-state index contributed by atoms with van der Waals surface area (Å²) in [5.41, 5.74) is 2.43. The predicted octanol–water partition coefficient (Wildman–Crippen LogP) is 5.77. The lowest BCUT2D eigenvalue weighted by Crippen LogP contribution is -2.52. The first-order valence-corrected chi connectivity index (χ1v) is 14.3. The maximum atomic E-state index is 14.1. The minimum atomic E-state index is -0.675. The minimum Gasteiger partial charge on any atom is -0.497 e. The van der Waals surface area contributed by atoms with Crippen LogP contribution in [0.15, 0.2) is 78.9 Å². The molecule has 0 unspecified atom stereocenters. The fraction of sp³-hybridized carbons (Fsp3) is 0.355. The number of ether oxygens (including phenoxy) is 1. The molecule has 0 radical (unpaired) electrons. The van der Waals surface area contributed by atoms with Crippen LogP contribution in [0.2, 0.25) is 0 Å².